The Bertz CT molecular complexity index is 513. The average molecular weight is 421 g/mol. The van der Waals surface area contributed by atoms with Crippen molar-refractivity contribution in [3.8, 4) is 5.75 Å². The SMILES string of the molecule is COc1cc(Sc2ccc(I)cc2)ccc1Br. The van der Waals surface area contributed by atoms with Crippen molar-refractivity contribution in [2.45, 2.75) is 9.79 Å². The van der Waals surface area contributed by atoms with Gasteiger partial charge in [-0.05, 0) is 81.0 Å². The van der Waals surface area contributed by atoms with Gasteiger partial charge in [0, 0.05) is 13.4 Å². The van der Waals surface area contributed by atoms with Crippen LogP contribution in [0.15, 0.2) is 56.7 Å². The van der Waals surface area contributed by atoms with E-state index in [0.717, 1.165) is 10.2 Å². The first-order valence-corrected chi connectivity index (χ1v) is 7.65. The number of methoxy groups -OCH3 is 1. The van der Waals surface area contributed by atoms with E-state index in [0.29, 0.717) is 0 Å². The van der Waals surface area contributed by atoms with Gasteiger partial charge >= 0.3 is 0 Å². The summed E-state index contributed by atoms with van der Waals surface area (Å²) in [6.45, 7) is 0. The summed E-state index contributed by atoms with van der Waals surface area (Å²) >= 11 is 7.49. The molecule has 0 aliphatic heterocycles. The molecule has 17 heavy (non-hydrogen) atoms. The molecular formula is C13H10BrIOS. The zero-order valence-corrected chi connectivity index (χ0v) is 13.7. The summed E-state index contributed by atoms with van der Waals surface area (Å²) in [4.78, 5) is 2.40. The Balaban J connectivity index is 2.21. The molecule has 0 N–H and O–H groups in total. The first-order chi connectivity index (χ1) is 8.19. The van der Waals surface area contributed by atoms with Gasteiger partial charge in [-0.25, -0.2) is 0 Å². The molecule has 0 atom stereocenters. The molecule has 2 rings (SSSR count). The molecule has 0 heterocycles. The summed E-state index contributed by atoms with van der Waals surface area (Å²) < 4.78 is 7.51. The lowest BCUT2D eigenvalue weighted by Crippen LogP contribution is -1.84. The fourth-order valence-corrected chi connectivity index (χ4v) is 2.96. The normalized spacial score (nSPS) is 10.3. The Morgan fingerprint density at radius 3 is 2.35 bits per heavy atom. The molecule has 4 heteroatoms. The van der Waals surface area contributed by atoms with Crippen LogP contribution in [0.1, 0.15) is 0 Å². The maximum absolute atomic E-state index is 5.28. The lowest BCUT2D eigenvalue weighted by atomic mass is 10.3. The van der Waals surface area contributed by atoms with Gasteiger partial charge in [-0.2, -0.15) is 0 Å². The molecule has 0 saturated carbocycles. The fraction of sp³-hybridized carbons (Fsp3) is 0.0769. The molecule has 88 valence electrons. The summed E-state index contributed by atoms with van der Waals surface area (Å²) in [7, 11) is 1.68. The Kier molecular flexibility index (Phi) is 4.76. The summed E-state index contributed by atoms with van der Waals surface area (Å²) in [6.07, 6.45) is 0. The van der Waals surface area contributed by atoms with E-state index in [9.17, 15) is 0 Å². The van der Waals surface area contributed by atoms with E-state index < -0.39 is 0 Å². The second-order valence-corrected chi connectivity index (χ2v) is 6.60. The third-order valence-corrected chi connectivity index (χ3v) is 4.54. The largest absolute Gasteiger partial charge is 0.496 e. The van der Waals surface area contributed by atoms with Crippen molar-refractivity contribution < 1.29 is 4.74 Å². The van der Waals surface area contributed by atoms with Gasteiger partial charge in [-0.3, -0.25) is 0 Å². The van der Waals surface area contributed by atoms with Crippen molar-refractivity contribution in [1.29, 1.82) is 0 Å². The molecule has 2 aromatic carbocycles. The lowest BCUT2D eigenvalue weighted by molar-refractivity contribution is 0.411. The minimum absolute atomic E-state index is 0.862. The molecule has 0 aliphatic carbocycles. The second-order valence-electron chi connectivity index (χ2n) is 3.35. The Labute approximate surface area is 127 Å². The van der Waals surface area contributed by atoms with Crippen LogP contribution < -0.4 is 4.74 Å². The minimum atomic E-state index is 0.862. The number of hydrogen-bond acceptors (Lipinski definition) is 2. The Hall–Kier alpha value is -0.200. The number of rotatable bonds is 3. The highest BCUT2D eigenvalue weighted by Gasteiger charge is 2.03. The molecule has 0 aliphatic rings. The van der Waals surface area contributed by atoms with Crippen LogP contribution in [0.3, 0.4) is 0 Å². The van der Waals surface area contributed by atoms with Gasteiger partial charge < -0.3 is 4.74 Å². The smallest absolute Gasteiger partial charge is 0.134 e. The van der Waals surface area contributed by atoms with E-state index in [1.54, 1.807) is 18.9 Å². The van der Waals surface area contributed by atoms with Crippen LogP contribution in [0, 0.1) is 3.57 Å². The molecule has 0 unspecified atom stereocenters. The van der Waals surface area contributed by atoms with Gasteiger partial charge in [0.25, 0.3) is 0 Å². The van der Waals surface area contributed by atoms with Crippen LogP contribution in [0.2, 0.25) is 0 Å². The topological polar surface area (TPSA) is 9.23 Å². The number of ether oxygens (including phenoxy) is 1. The molecule has 0 amide bonds. The molecule has 0 bridgehead atoms. The van der Waals surface area contributed by atoms with Gasteiger partial charge in [-0.1, -0.05) is 11.8 Å². The first kappa shape index (κ1) is 13.2. The Morgan fingerprint density at radius 1 is 1.06 bits per heavy atom. The average Bonchev–Trinajstić information content (AvgIpc) is 2.34. The van der Waals surface area contributed by atoms with E-state index in [2.05, 4.69) is 68.9 Å². The third-order valence-electron chi connectivity index (χ3n) is 2.17. The second kappa shape index (κ2) is 6.11. The highest BCUT2D eigenvalue weighted by Crippen LogP contribution is 2.34. The van der Waals surface area contributed by atoms with Crippen LogP contribution >= 0.6 is 50.3 Å². The summed E-state index contributed by atoms with van der Waals surface area (Å²) in [6, 6.07) is 14.6. The highest BCUT2D eigenvalue weighted by atomic mass is 127. The number of benzene rings is 2. The molecule has 0 aromatic heterocycles. The highest BCUT2D eigenvalue weighted by molar-refractivity contribution is 14.1. The van der Waals surface area contributed by atoms with E-state index in [1.807, 2.05) is 12.1 Å². The molecule has 0 saturated heterocycles. The molecule has 1 nitrogen and oxygen atoms in total. The van der Waals surface area contributed by atoms with Crippen molar-refractivity contribution in [2.24, 2.45) is 0 Å². The minimum Gasteiger partial charge on any atom is -0.496 e. The van der Waals surface area contributed by atoms with Crippen molar-refractivity contribution in [3.05, 3.63) is 50.5 Å². The monoisotopic (exact) mass is 420 g/mol. The van der Waals surface area contributed by atoms with Crippen LogP contribution in [-0.4, -0.2) is 7.11 Å². The zero-order valence-electron chi connectivity index (χ0n) is 9.11. The van der Waals surface area contributed by atoms with E-state index >= 15 is 0 Å². The molecule has 0 radical (unpaired) electrons. The van der Waals surface area contributed by atoms with Gasteiger partial charge in [0.1, 0.15) is 5.75 Å². The van der Waals surface area contributed by atoms with E-state index in [4.69, 9.17) is 4.74 Å². The lowest BCUT2D eigenvalue weighted by Gasteiger charge is -2.06. The third kappa shape index (κ3) is 3.63. The van der Waals surface area contributed by atoms with Crippen LogP contribution in [0.5, 0.6) is 5.75 Å². The van der Waals surface area contributed by atoms with Crippen molar-refractivity contribution in [1.82, 2.24) is 0 Å². The summed E-state index contributed by atoms with van der Waals surface area (Å²) in [5.74, 6) is 0.862. The van der Waals surface area contributed by atoms with Crippen molar-refractivity contribution in [3.63, 3.8) is 0 Å². The van der Waals surface area contributed by atoms with Gasteiger partial charge in [0.15, 0.2) is 0 Å². The Morgan fingerprint density at radius 2 is 1.71 bits per heavy atom. The fourth-order valence-electron chi connectivity index (χ4n) is 1.34. The van der Waals surface area contributed by atoms with Crippen LogP contribution in [-0.2, 0) is 0 Å². The zero-order chi connectivity index (χ0) is 12.3. The number of halogens is 2. The quantitative estimate of drug-likeness (QED) is 0.630. The predicted molar refractivity (Wildman–Crippen MR) is 84.0 cm³/mol. The number of hydrogen-bond donors (Lipinski definition) is 0. The molecule has 2 aromatic rings. The standard InChI is InChI=1S/C13H10BrIOS/c1-16-13-8-11(6-7-12(13)14)17-10-4-2-9(15)3-5-10/h2-8H,1H3. The van der Waals surface area contributed by atoms with Crippen LogP contribution in [0.25, 0.3) is 0 Å². The van der Waals surface area contributed by atoms with Crippen molar-refractivity contribution in [2.75, 3.05) is 7.11 Å². The van der Waals surface area contributed by atoms with Gasteiger partial charge in [0.05, 0.1) is 11.6 Å². The molecular weight excluding hydrogens is 411 g/mol. The predicted octanol–water partition coefficient (Wildman–Crippen LogP) is 5.21. The van der Waals surface area contributed by atoms with Crippen LogP contribution in [0.4, 0.5) is 0 Å². The van der Waals surface area contributed by atoms with Gasteiger partial charge in [0.2, 0.25) is 0 Å². The summed E-state index contributed by atoms with van der Waals surface area (Å²) in [5.41, 5.74) is 0. The molecule has 0 fully saturated rings. The maximum atomic E-state index is 5.28. The first-order valence-electron chi connectivity index (χ1n) is 4.96. The van der Waals surface area contributed by atoms with Crippen molar-refractivity contribution >= 4 is 50.3 Å². The van der Waals surface area contributed by atoms with E-state index in [1.165, 1.54) is 13.4 Å². The van der Waals surface area contributed by atoms with Gasteiger partial charge in [-0.15, -0.1) is 0 Å². The molecule has 0 spiro atoms. The maximum Gasteiger partial charge on any atom is 0.134 e. The summed E-state index contributed by atoms with van der Waals surface area (Å²) in [5, 5.41) is 0. The van der Waals surface area contributed by atoms with E-state index in [-0.39, 0.29) is 0 Å².